The molecule has 108 valence electrons. The van der Waals surface area contributed by atoms with Gasteiger partial charge in [0.05, 0.1) is 5.75 Å². The molecule has 1 rings (SSSR count). The Morgan fingerprint density at radius 1 is 1.22 bits per heavy atom. The minimum absolute atomic E-state index is 0.170. The normalized spacial score (nSPS) is 18.9. The van der Waals surface area contributed by atoms with Gasteiger partial charge in [-0.25, -0.2) is 8.42 Å². The van der Waals surface area contributed by atoms with Crippen LogP contribution in [-0.4, -0.2) is 32.5 Å². The number of sulfone groups is 1. The minimum atomic E-state index is -2.84. The lowest BCUT2D eigenvalue weighted by molar-refractivity contribution is 0.225. The van der Waals surface area contributed by atoms with Gasteiger partial charge in [-0.05, 0) is 43.6 Å². The molecule has 1 aliphatic carbocycles. The van der Waals surface area contributed by atoms with Crippen LogP contribution < -0.4 is 5.32 Å². The molecule has 0 amide bonds. The molecular weight excluding hydrogens is 246 g/mol. The second-order valence-electron chi connectivity index (χ2n) is 6.69. The van der Waals surface area contributed by atoms with Gasteiger partial charge in [-0.2, -0.15) is 0 Å². The van der Waals surface area contributed by atoms with Gasteiger partial charge in [0, 0.05) is 11.8 Å². The van der Waals surface area contributed by atoms with Gasteiger partial charge < -0.3 is 5.32 Å². The van der Waals surface area contributed by atoms with E-state index in [0.717, 1.165) is 19.4 Å². The average Bonchev–Trinajstić information content (AvgIpc) is 2.98. The first kappa shape index (κ1) is 16.0. The van der Waals surface area contributed by atoms with Crippen LogP contribution in [0.25, 0.3) is 0 Å². The lowest BCUT2D eigenvalue weighted by Crippen LogP contribution is -2.34. The lowest BCUT2D eigenvalue weighted by atomic mass is 9.79. The zero-order chi connectivity index (χ0) is 13.8. The third-order valence-electron chi connectivity index (χ3n) is 3.75. The van der Waals surface area contributed by atoms with Crippen molar-refractivity contribution in [2.45, 2.75) is 59.4 Å². The number of hydrogen-bond donors (Lipinski definition) is 1. The molecule has 0 spiro atoms. The van der Waals surface area contributed by atoms with E-state index in [2.05, 4.69) is 26.1 Å². The molecule has 1 aliphatic rings. The molecule has 0 aliphatic heterocycles. The summed E-state index contributed by atoms with van der Waals surface area (Å²) in [6.45, 7) is 9.50. The predicted octanol–water partition coefficient (Wildman–Crippen LogP) is 2.62. The SMILES string of the molecule is CCCS(=O)(=O)CCC(CNC1CC1)C(C)(C)C. The van der Waals surface area contributed by atoms with Gasteiger partial charge in [0.25, 0.3) is 0 Å². The second kappa shape index (κ2) is 6.38. The van der Waals surface area contributed by atoms with E-state index < -0.39 is 9.84 Å². The summed E-state index contributed by atoms with van der Waals surface area (Å²) in [6, 6.07) is 0.696. The Morgan fingerprint density at radius 2 is 1.83 bits per heavy atom. The topological polar surface area (TPSA) is 46.2 Å². The van der Waals surface area contributed by atoms with E-state index in [4.69, 9.17) is 0 Å². The maximum absolute atomic E-state index is 11.8. The molecule has 0 aromatic heterocycles. The monoisotopic (exact) mass is 275 g/mol. The largest absolute Gasteiger partial charge is 0.314 e. The Kier molecular flexibility index (Phi) is 5.66. The molecule has 0 aromatic carbocycles. The highest BCUT2D eigenvalue weighted by Gasteiger charge is 2.28. The second-order valence-corrected chi connectivity index (χ2v) is 8.99. The maximum atomic E-state index is 11.8. The Balaban J connectivity index is 2.44. The van der Waals surface area contributed by atoms with Crippen molar-refractivity contribution in [3.63, 3.8) is 0 Å². The third-order valence-corrected chi connectivity index (χ3v) is 5.64. The molecular formula is C14H29NO2S. The molecule has 3 nitrogen and oxygen atoms in total. The van der Waals surface area contributed by atoms with Crippen molar-refractivity contribution in [3.05, 3.63) is 0 Å². The average molecular weight is 275 g/mol. The van der Waals surface area contributed by atoms with E-state index in [9.17, 15) is 8.42 Å². The van der Waals surface area contributed by atoms with Crippen molar-refractivity contribution in [3.8, 4) is 0 Å². The van der Waals surface area contributed by atoms with Gasteiger partial charge in [-0.15, -0.1) is 0 Å². The van der Waals surface area contributed by atoms with E-state index in [1.165, 1.54) is 12.8 Å². The van der Waals surface area contributed by atoms with E-state index in [0.29, 0.717) is 23.5 Å². The first-order valence-electron chi connectivity index (χ1n) is 7.18. The molecule has 1 saturated carbocycles. The molecule has 1 atom stereocenters. The first-order valence-corrected chi connectivity index (χ1v) is 9.00. The van der Waals surface area contributed by atoms with Crippen molar-refractivity contribution in [1.29, 1.82) is 0 Å². The van der Waals surface area contributed by atoms with E-state index in [-0.39, 0.29) is 5.41 Å². The van der Waals surface area contributed by atoms with Gasteiger partial charge in [0.1, 0.15) is 9.84 Å². The Bertz CT molecular complexity index is 339. The summed E-state index contributed by atoms with van der Waals surface area (Å²) in [5.41, 5.74) is 0.170. The van der Waals surface area contributed by atoms with E-state index in [1.54, 1.807) is 0 Å². The first-order chi connectivity index (χ1) is 8.24. The molecule has 4 heteroatoms. The van der Waals surface area contributed by atoms with Crippen molar-refractivity contribution in [2.24, 2.45) is 11.3 Å². The molecule has 0 bridgehead atoms. The highest BCUT2D eigenvalue weighted by atomic mass is 32.2. The Hall–Kier alpha value is -0.0900. The number of nitrogens with one attached hydrogen (secondary N) is 1. The number of rotatable bonds is 8. The molecule has 0 aromatic rings. The lowest BCUT2D eigenvalue weighted by Gasteiger charge is -2.31. The van der Waals surface area contributed by atoms with Gasteiger partial charge in [-0.3, -0.25) is 0 Å². The van der Waals surface area contributed by atoms with Crippen LogP contribution in [0, 0.1) is 11.3 Å². The zero-order valence-corrected chi connectivity index (χ0v) is 13.1. The third kappa shape index (κ3) is 6.19. The molecule has 1 fully saturated rings. The highest BCUT2D eigenvalue weighted by Crippen LogP contribution is 2.30. The van der Waals surface area contributed by atoms with Gasteiger partial charge in [-0.1, -0.05) is 27.7 Å². The minimum Gasteiger partial charge on any atom is -0.314 e. The van der Waals surface area contributed by atoms with Gasteiger partial charge in [0.2, 0.25) is 0 Å². The fourth-order valence-corrected chi connectivity index (χ4v) is 3.64. The van der Waals surface area contributed by atoms with Crippen molar-refractivity contribution in [2.75, 3.05) is 18.1 Å². The van der Waals surface area contributed by atoms with Crippen LogP contribution in [0.2, 0.25) is 0 Å². The fourth-order valence-electron chi connectivity index (χ4n) is 2.17. The van der Waals surface area contributed by atoms with Crippen LogP contribution in [0.1, 0.15) is 53.4 Å². The summed E-state index contributed by atoms with van der Waals surface area (Å²) in [5.74, 6) is 1.11. The number of hydrogen-bond acceptors (Lipinski definition) is 3. The Labute approximate surface area is 113 Å². The van der Waals surface area contributed by atoms with Crippen molar-refractivity contribution in [1.82, 2.24) is 5.32 Å². The molecule has 0 saturated heterocycles. The standard InChI is InChI=1S/C14H29NO2S/c1-5-9-18(16,17)10-8-12(14(2,3)4)11-15-13-6-7-13/h12-13,15H,5-11H2,1-4H3. The summed E-state index contributed by atoms with van der Waals surface area (Å²) in [4.78, 5) is 0. The zero-order valence-electron chi connectivity index (χ0n) is 12.3. The van der Waals surface area contributed by atoms with Crippen molar-refractivity contribution < 1.29 is 8.42 Å². The van der Waals surface area contributed by atoms with Crippen LogP contribution in [0.15, 0.2) is 0 Å². The predicted molar refractivity (Wildman–Crippen MR) is 77.5 cm³/mol. The van der Waals surface area contributed by atoms with Crippen LogP contribution in [0.3, 0.4) is 0 Å². The van der Waals surface area contributed by atoms with Crippen LogP contribution in [0.4, 0.5) is 0 Å². The molecule has 0 heterocycles. The maximum Gasteiger partial charge on any atom is 0.150 e. The highest BCUT2D eigenvalue weighted by molar-refractivity contribution is 7.91. The van der Waals surface area contributed by atoms with Gasteiger partial charge >= 0.3 is 0 Å². The summed E-state index contributed by atoms with van der Waals surface area (Å²) in [5, 5.41) is 3.54. The van der Waals surface area contributed by atoms with Gasteiger partial charge in [0.15, 0.2) is 0 Å². The molecule has 0 radical (unpaired) electrons. The van der Waals surface area contributed by atoms with Crippen LogP contribution in [0.5, 0.6) is 0 Å². The summed E-state index contributed by atoms with van der Waals surface area (Å²) < 4.78 is 23.6. The summed E-state index contributed by atoms with van der Waals surface area (Å²) in [7, 11) is -2.84. The van der Waals surface area contributed by atoms with E-state index >= 15 is 0 Å². The smallest absolute Gasteiger partial charge is 0.150 e. The van der Waals surface area contributed by atoms with Crippen molar-refractivity contribution >= 4 is 9.84 Å². The summed E-state index contributed by atoms with van der Waals surface area (Å²) >= 11 is 0. The van der Waals surface area contributed by atoms with Crippen LogP contribution >= 0.6 is 0 Å². The fraction of sp³-hybridized carbons (Fsp3) is 1.00. The molecule has 1 unspecified atom stereocenters. The molecule has 1 N–H and O–H groups in total. The quantitative estimate of drug-likeness (QED) is 0.740. The van der Waals surface area contributed by atoms with E-state index in [1.807, 2.05) is 6.92 Å². The Morgan fingerprint density at radius 3 is 2.28 bits per heavy atom. The summed E-state index contributed by atoms with van der Waals surface area (Å²) in [6.07, 6.45) is 4.07. The molecule has 18 heavy (non-hydrogen) atoms. The van der Waals surface area contributed by atoms with Crippen LogP contribution in [-0.2, 0) is 9.84 Å².